The SMILES string of the molecule is NC(CC1CCCCC1)C(O)c1ncc[nH]1. The Kier molecular flexibility index (Phi) is 3.96. The summed E-state index contributed by atoms with van der Waals surface area (Å²) in [7, 11) is 0. The van der Waals surface area contributed by atoms with Crippen LogP contribution in [0.2, 0.25) is 0 Å². The minimum atomic E-state index is -0.656. The molecule has 2 unspecified atom stereocenters. The van der Waals surface area contributed by atoms with E-state index in [4.69, 9.17) is 5.73 Å². The number of rotatable bonds is 4. The van der Waals surface area contributed by atoms with Crippen LogP contribution in [0.15, 0.2) is 12.4 Å². The number of imidazole rings is 1. The van der Waals surface area contributed by atoms with Crippen LogP contribution in [0.1, 0.15) is 50.5 Å². The maximum absolute atomic E-state index is 9.99. The van der Waals surface area contributed by atoms with Crippen molar-refractivity contribution in [3.63, 3.8) is 0 Å². The Labute approximate surface area is 96.3 Å². The summed E-state index contributed by atoms with van der Waals surface area (Å²) in [5, 5.41) is 9.99. The predicted octanol–water partition coefficient (Wildman–Crippen LogP) is 1.74. The molecule has 4 heteroatoms. The molecule has 1 aliphatic rings. The summed E-state index contributed by atoms with van der Waals surface area (Å²) in [5.41, 5.74) is 6.03. The molecule has 0 amide bonds. The lowest BCUT2D eigenvalue weighted by molar-refractivity contribution is 0.120. The van der Waals surface area contributed by atoms with Gasteiger partial charge in [0.15, 0.2) is 0 Å². The van der Waals surface area contributed by atoms with Crippen LogP contribution >= 0.6 is 0 Å². The molecular weight excluding hydrogens is 202 g/mol. The fourth-order valence-corrected chi connectivity index (χ4v) is 2.58. The first-order valence-corrected chi connectivity index (χ1v) is 6.20. The van der Waals surface area contributed by atoms with Crippen LogP contribution in [0.5, 0.6) is 0 Å². The van der Waals surface area contributed by atoms with Gasteiger partial charge in [0.05, 0.1) is 0 Å². The molecule has 1 aliphatic carbocycles. The highest BCUT2D eigenvalue weighted by atomic mass is 16.3. The largest absolute Gasteiger partial charge is 0.384 e. The summed E-state index contributed by atoms with van der Waals surface area (Å²) in [6.07, 6.45) is 10.1. The zero-order chi connectivity index (χ0) is 11.4. The second-order valence-electron chi connectivity index (χ2n) is 4.82. The van der Waals surface area contributed by atoms with Gasteiger partial charge in [-0.1, -0.05) is 32.1 Å². The second-order valence-corrected chi connectivity index (χ2v) is 4.82. The average molecular weight is 223 g/mol. The highest BCUT2D eigenvalue weighted by molar-refractivity contribution is 4.96. The zero-order valence-electron chi connectivity index (χ0n) is 9.60. The molecule has 2 rings (SSSR count). The molecule has 1 aromatic heterocycles. The fourth-order valence-electron chi connectivity index (χ4n) is 2.58. The van der Waals surface area contributed by atoms with Crippen molar-refractivity contribution in [2.45, 2.75) is 50.7 Å². The van der Waals surface area contributed by atoms with Gasteiger partial charge in [-0.25, -0.2) is 4.98 Å². The van der Waals surface area contributed by atoms with Crippen molar-refractivity contribution in [3.8, 4) is 0 Å². The lowest BCUT2D eigenvalue weighted by atomic mass is 9.84. The number of nitrogens with zero attached hydrogens (tertiary/aromatic N) is 1. The zero-order valence-corrected chi connectivity index (χ0v) is 9.60. The van der Waals surface area contributed by atoms with Crippen LogP contribution in [-0.2, 0) is 0 Å². The van der Waals surface area contributed by atoms with Gasteiger partial charge in [0.2, 0.25) is 0 Å². The summed E-state index contributed by atoms with van der Waals surface area (Å²) in [5.74, 6) is 1.27. The molecule has 0 saturated heterocycles. The number of hydrogen-bond acceptors (Lipinski definition) is 3. The maximum Gasteiger partial charge on any atom is 0.136 e. The first kappa shape index (κ1) is 11.6. The topological polar surface area (TPSA) is 74.9 Å². The lowest BCUT2D eigenvalue weighted by Crippen LogP contribution is -2.32. The van der Waals surface area contributed by atoms with E-state index in [1.165, 1.54) is 32.1 Å². The molecule has 0 radical (unpaired) electrons. The Morgan fingerprint density at radius 2 is 2.19 bits per heavy atom. The van der Waals surface area contributed by atoms with Crippen LogP contribution in [0, 0.1) is 5.92 Å². The third kappa shape index (κ3) is 2.83. The van der Waals surface area contributed by atoms with E-state index in [9.17, 15) is 5.11 Å². The number of hydrogen-bond donors (Lipinski definition) is 3. The van der Waals surface area contributed by atoms with Crippen molar-refractivity contribution in [2.24, 2.45) is 11.7 Å². The predicted molar refractivity (Wildman–Crippen MR) is 62.7 cm³/mol. The highest BCUT2D eigenvalue weighted by Crippen LogP contribution is 2.29. The number of H-pyrrole nitrogens is 1. The smallest absolute Gasteiger partial charge is 0.136 e. The van der Waals surface area contributed by atoms with Crippen LogP contribution in [0.25, 0.3) is 0 Å². The summed E-state index contributed by atoms with van der Waals surface area (Å²) in [6, 6.07) is -0.200. The monoisotopic (exact) mass is 223 g/mol. The van der Waals surface area contributed by atoms with Gasteiger partial charge >= 0.3 is 0 Å². The summed E-state index contributed by atoms with van der Waals surface area (Å²) in [6.45, 7) is 0. The average Bonchev–Trinajstić information content (AvgIpc) is 2.83. The molecule has 0 aliphatic heterocycles. The molecule has 16 heavy (non-hydrogen) atoms. The van der Waals surface area contributed by atoms with E-state index >= 15 is 0 Å². The van der Waals surface area contributed by atoms with Crippen molar-refractivity contribution in [3.05, 3.63) is 18.2 Å². The van der Waals surface area contributed by atoms with Crippen molar-refractivity contribution in [1.29, 1.82) is 0 Å². The van der Waals surface area contributed by atoms with Gasteiger partial charge in [0, 0.05) is 18.4 Å². The number of aromatic nitrogens is 2. The van der Waals surface area contributed by atoms with Crippen molar-refractivity contribution < 1.29 is 5.11 Å². The van der Waals surface area contributed by atoms with Crippen LogP contribution in [0.3, 0.4) is 0 Å². The van der Waals surface area contributed by atoms with Gasteiger partial charge in [-0.15, -0.1) is 0 Å². The molecule has 1 aromatic rings. The van der Waals surface area contributed by atoms with Crippen molar-refractivity contribution >= 4 is 0 Å². The van der Waals surface area contributed by atoms with Gasteiger partial charge in [-0.2, -0.15) is 0 Å². The molecule has 90 valence electrons. The summed E-state index contributed by atoms with van der Waals surface area (Å²) in [4.78, 5) is 6.96. The van der Waals surface area contributed by atoms with E-state index in [1.54, 1.807) is 12.4 Å². The van der Waals surface area contributed by atoms with E-state index in [0.717, 1.165) is 6.42 Å². The Balaban J connectivity index is 1.84. The fraction of sp³-hybridized carbons (Fsp3) is 0.750. The van der Waals surface area contributed by atoms with E-state index in [-0.39, 0.29) is 6.04 Å². The normalized spacial score (nSPS) is 21.9. The molecule has 1 heterocycles. The molecule has 2 atom stereocenters. The van der Waals surface area contributed by atoms with Crippen LogP contribution in [0.4, 0.5) is 0 Å². The second kappa shape index (κ2) is 5.46. The number of aliphatic hydroxyl groups is 1. The Morgan fingerprint density at radius 1 is 1.44 bits per heavy atom. The van der Waals surface area contributed by atoms with E-state index in [1.807, 2.05) is 0 Å². The van der Waals surface area contributed by atoms with Crippen molar-refractivity contribution in [1.82, 2.24) is 9.97 Å². The van der Waals surface area contributed by atoms with Gasteiger partial charge in [0.25, 0.3) is 0 Å². The Morgan fingerprint density at radius 3 is 2.81 bits per heavy atom. The quantitative estimate of drug-likeness (QED) is 0.727. The third-order valence-corrected chi connectivity index (χ3v) is 3.54. The van der Waals surface area contributed by atoms with Crippen LogP contribution < -0.4 is 5.73 Å². The van der Waals surface area contributed by atoms with Crippen molar-refractivity contribution in [2.75, 3.05) is 0 Å². The number of aromatic amines is 1. The molecular formula is C12H21N3O. The Hall–Kier alpha value is -0.870. The maximum atomic E-state index is 9.99. The minimum absolute atomic E-state index is 0.200. The summed E-state index contributed by atoms with van der Waals surface area (Å²) < 4.78 is 0. The lowest BCUT2D eigenvalue weighted by Gasteiger charge is -2.26. The summed E-state index contributed by atoms with van der Waals surface area (Å²) >= 11 is 0. The van der Waals surface area contributed by atoms with Gasteiger partial charge in [-0.3, -0.25) is 0 Å². The molecule has 1 saturated carbocycles. The standard InChI is InChI=1S/C12H21N3O/c13-10(8-9-4-2-1-3-5-9)11(16)12-14-6-7-15-12/h6-7,9-11,16H,1-5,8,13H2,(H,14,15). The van der Waals surface area contributed by atoms with E-state index < -0.39 is 6.10 Å². The molecule has 1 fully saturated rings. The third-order valence-electron chi connectivity index (χ3n) is 3.54. The first-order chi connectivity index (χ1) is 7.77. The molecule has 0 aromatic carbocycles. The Bertz CT molecular complexity index is 293. The van der Waals surface area contributed by atoms with Gasteiger partial charge in [-0.05, 0) is 12.3 Å². The molecule has 0 bridgehead atoms. The molecule has 0 spiro atoms. The number of aliphatic hydroxyl groups excluding tert-OH is 1. The minimum Gasteiger partial charge on any atom is -0.384 e. The highest BCUT2D eigenvalue weighted by Gasteiger charge is 2.23. The number of nitrogens with one attached hydrogen (secondary N) is 1. The van der Waals surface area contributed by atoms with E-state index in [2.05, 4.69) is 9.97 Å². The molecule has 4 N–H and O–H groups in total. The first-order valence-electron chi connectivity index (χ1n) is 6.20. The van der Waals surface area contributed by atoms with Gasteiger partial charge in [0.1, 0.15) is 11.9 Å². The van der Waals surface area contributed by atoms with Gasteiger partial charge < -0.3 is 15.8 Å². The molecule has 4 nitrogen and oxygen atoms in total. The van der Waals surface area contributed by atoms with Crippen LogP contribution in [-0.4, -0.2) is 21.1 Å². The van der Waals surface area contributed by atoms with E-state index in [0.29, 0.717) is 11.7 Å². The number of nitrogens with two attached hydrogens (primary N) is 1.